The molecule has 2 rings (SSSR count). The van der Waals surface area contributed by atoms with Crippen LogP contribution in [0.3, 0.4) is 0 Å². The van der Waals surface area contributed by atoms with Crippen LogP contribution in [0, 0.1) is 0 Å². The van der Waals surface area contributed by atoms with E-state index in [2.05, 4.69) is 92.3 Å². The van der Waals surface area contributed by atoms with Gasteiger partial charge in [-0.2, -0.15) is 0 Å². The first kappa shape index (κ1) is 18.4. The minimum atomic E-state index is 0.583. The highest BCUT2D eigenvalue weighted by molar-refractivity contribution is 5.65. The first-order chi connectivity index (χ1) is 11.6. The number of hydrogen-bond acceptors (Lipinski definition) is 2. The molecule has 1 atom stereocenters. The van der Waals surface area contributed by atoms with E-state index in [1.807, 2.05) is 0 Å². The van der Waals surface area contributed by atoms with Crippen LogP contribution in [-0.4, -0.2) is 20.1 Å². The van der Waals surface area contributed by atoms with Crippen molar-refractivity contribution in [3.8, 4) is 0 Å². The van der Waals surface area contributed by atoms with Crippen LogP contribution in [-0.2, 0) is 0 Å². The minimum absolute atomic E-state index is 0.583. The van der Waals surface area contributed by atoms with Gasteiger partial charge in [-0.1, -0.05) is 50.8 Å². The van der Waals surface area contributed by atoms with Crippen molar-refractivity contribution in [2.75, 3.05) is 23.9 Å². The molecule has 0 aliphatic carbocycles. The van der Waals surface area contributed by atoms with Crippen molar-refractivity contribution < 1.29 is 0 Å². The van der Waals surface area contributed by atoms with E-state index < -0.39 is 0 Å². The van der Waals surface area contributed by atoms with Gasteiger partial charge in [-0.25, -0.2) is 0 Å². The Morgan fingerprint density at radius 3 is 1.96 bits per heavy atom. The molecular weight excluding hydrogens is 292 g/mol. The van der Waals surface area contributed by atoms with E-state index in [-0.39, 0.29) is 0 Å². The summed E-state index contributed by atoms with van der Waals surface area (Å²) in [5, 5.41) is 0. The summed E-state index contributed by atoms with van der Waals surface area (Å²) in [7, 11) is 4.32. The third-order valence-corrected chi connectivity index (χ3v) is 4.92. The lowest BCUT2D eigenvalue weighted by atomic mass is 10.1. The van der Waals surface area contributed by atoms with Gasteiger partial charge in [0, 0.05) is 37.2 Å². The second-order valence-corrected chi connectivity index (χ2v) is 6.72. The van der Waals surface area contributed by atoms with E-state index in [0.29, 0.717) is 6.04 Å². The molecule has 2 aromatic rings. The zero-order valence-corrected chi connectivity index (χ0v) is 15.7. The third kappa shape index (κ3) is 5.02. The summed E-state index contributed by atoms with van der Waals surface area (Å²) in [4.78, 5) is 4.62. The van der Waals surface area contributed by atoms with Crippen LogP contribution in [0.15, 0.2) is 54.6 Å². The smallest absolute Gasteiger partial charge is 0.0409 e. The Bertz CT molecular complexity index is 577. The summed E-state index contributed by atoms with van der Waals surface area (Å²) in [5.74, 6) is 0. The first-order valence-electron chi connectivity index (χ1n) is 9.25. The number of nitrogens with zero attached hydrogens (tertiary/aromatic N) is 2. The quantitative estimate of drug-likeness (QED) is 0.503. The first-order valence-corrected chi connectivity index (χ1v) is 9.25. The molecule has 0 fully saturated rings. The average molecular weight is 325 g/mol. The van der Waals surface area contributed by atoms with Crippen LogP contribution >= 0.6 is 0 Å². The van der Waals surface area contributed by atoms with Crippen molar-refractivity contribution in [3.63, 3.8) is 0 Å². The molecule has 1 unspecified atom stereocenters. The molecule has 0 aliphatic heterocycles. The highest BCUT2D eigenvalue weighted by Crippen LogP contribution is 2.26. The van der Waals surface area contributed by atoms with Gasteiger partial charge >= 0.3 is 0 Å². The molecule has 24 heavy (non-hydrogen) atoms. The fraction of sp³-hybridized carbons (Fsp3) is 0.455. The van der Waals surface area contributed by atoms with Crippen LogP contribution < -0.4 is 9.80 Å². The Morgan fingerprint density at radius 1 is 0.750 bits per heavy atom. The van der Waals surface area contributed by atoms with Gasteiger partial charge in [-0.05, 0) is 49.7 Å². The van der Waals surface area contributed by atoms with Crippen molar-refractivity contribution in [3.05, 3.63) is 54.6 Å². The van der Waals surface area contributed by atoms with E-state index >= 15 is 0 Å². The second-order valence-electron chi connectivity index (χ2n) is 6.72. The fourth-order valence-corrected chi connectivity index (χ4v) is 3.03. The zero-order valence-electron chi connectivity index (χ0n) is 15.7. The molecule has 0 amide bonds. The van der Waals surface area contributed by atoms with Crippen molar-refractivity contribution >= 4 is 17.1 Å². The van der Waals surface area contributed by atoms with Gasteiger partial charge in [0.1, 0.15) is 0 Å². The van der Waals surface area contributed by atoms with Gasteiger partial charge in [0.25, 0.3) is 0 Å². The van der Waals surface area contributed by atoms with Gasteiger partial charge in [0.05, 0.1) is 0 Å². The second kappa shape index (κ2) is 9.36. The molecule has 0 N–H and O–H groups in total. The molecule has 0 aromatic heterocycles. The number of hydrogen-bond donors (Lipinski definition) is 0. The van der Waals surface area contributed by atoms with Crippen LogP contribution in [0.5, 0.6) is 0 Å². The molecule has 2 heteroatoms. The van der Waals surface area contributed by atoms with Crippen molar-refractivity contribution in [2.24, 2.45) is 0 Å². The van der Waals surface area contributed by atoms with E-state index in [1.165, 1.54) is 49.2 Å². The maximum Gasteiger partial charge on any atom is 0.0409 e. The molecular formula is C22H32N2. The predicted octanol–water partition coefficient (Wildman–Crippen LogP) is 6.25. The zero-order chi connectivity index (χ0) is 17.4. The number of para-hydroxylation sites is 1. The fourth-order valence-electron chi connectivity index (χ4n) is 3.03. The number of benzene rings is 2. The lowest BCUT2D eigenvalue weighted by molar-refractivity contribution is 0.557. The maximum atomic E-state index is 2.40. The Morgan fingerprint density at radius 2 is 1.33 bits per heavy atom. The van der Waals surface area contributed by atoms with Crippen molar-refractivity contribution in [1.29, 1.82) is 0 Å². The third-order valence-electron chi connectivity index (χ3n) is 4.92. The highest BCUT2D eigenvalue weighted by Gasteiger charge is 2.10. The normalized spacial score (nSPS) is 12.0. The van der Waals surface area contributed by atoms with E-state index in [1.54, 1.807) is 0 Å². The molecule has 2 aromatic carbocycles. The molecule has 0 heterocycles. The average Bonchev–Trinajstić information content (AvgIpc) is 2.64. The predicted molar refractivity (Wildman–Crippen MR) is 108 cm³/mol. The lowest BCUT2D eigenvalue weighted by Crippen LogP contribution is -2.28. The molecule has 0 spiro atoms. The lowest BCUT2D eigenvalue weighted by Gasteiger charge is -2.28. The molecule has 0 saturated heterocycles. The molecule has 0 radical (unpaired) electrons. The monoisotopic (exact) mass is 324 g/mol. The van der Waals surface area contributed by atoms with Crippen molar-refractivity contribution in [2.45, 2.75) is 52.0 Å². The molecule has 0 aliphatic rings. The minimum Gasteiger partial charge on any atom is -0.372 e. The summed E-state index contributed by atoms with van der Waals surface area (Å²) in [6.07, 6.45) is 6.61. The Balaban J connectivity index is 1.95. The van der Waals surface area contributed by atoms with Crippen LogP contribution in [0.25, 0.3) is 0 Å². The summed E-state index contributed by atoms with van der Waals surface area (Å²) in [6.45, 7) is 4.60. The SMILES string of the molecule is CCCCCCC(C)N(C)c1ccc(N(C)c2ccccc2)cc1. The van der Waals surface area contributed by atoms with Gasteiger partial charge in [0.15, 0.2) is 0 Å². The van der Waals surface area contributed by atoms with Gasteiger partial charge in [0.2, 0.25) is 0 Å². The largest absolute Gasteiger partial charge is 0.372 e. The Hall–Kier alpha value is -1.96. The van der Waals surface area contributed by atoms with Crippen LogP contribution in [0.4, 0.5) is 17.1 Å². The van der Waals surface area contributed by atoms with Gasteiger partial charge in [-0.3, -0.25) is 0 Å². The number of anilines is 3. The van der Waals surface area contributed by atoms with Gasteiger partial charge < -0.3 is 9.80 Å². The number of rotatable bonds is 9. The highest BCUT2D eigenvalue weighted by atomic mass is 15.1. The summed E-state index contributed by atoms with van der Waals surface area (Å²) in [5.41, 5.74) is 3.72. The van der Waals surface area contributed by atoms with E-state index in [9.17, 15) is 0 Å². The van der Waals surface area contributed by atoms with Crippen LogP contribution in [0.1, 0.15) is 46.0 Å². The standard InChI is InChI=1S/C22H32N2/c1-5-6-7-9-12-19(2)23(3)21-15-17-22(18-16-21)24(4)20-13-10-8-11-14-20/h8,10-11,13-19H,5-7,9,12H2,1-4H3. The van der Waals surface area contributed by atoms with Gasteiger partial charge in [-0.15, -0.1) is 0 Å². The maximum absolute atomic E-state index is 2.40. The Kier molecular flexibility index (Phi) is 7.17. The van der Waals surface area contributed by atoms with E-state index in [0.717, 1.165) is 0 Å². The van der Waals surface area contributed by atoms with E-state index in [4.69, 9.17) is 0 Å². The molecule has 2 nitrogen and oxygen atoms in total. The summed E-state index contributed by atoms with van der Waals surface area (Å²) >= 11 is 0. The molecule has 0 saturated carbocycles. The summed E-state index contributed by atoms with van der Waals surface area (Å²) in [6, 6.07) is 20.0. The number of unbranched alkanes of at least 4 members (excludes halogenated alkanes) is 3. The van der Waals surface area contributed by atoms with Crippen molar-refractivity contribution in [1.82, 2.24) is 0 Å². The van der Waals surface area contributed by atoms with Crippen LogP contribution in [0.2, 0.25) is 0 Å². The molecule has 0 bridgehead atoms. The summed E-state index contributed by atoms with van der Waals surface area (Å²) < 4.78 is 0. The Labute approximate surface area is 148 Å². The molecule has 130 valence electrons. The topological polar surface area (TPSA) is 6.48 Å².